The van der Waals surface area contributed by atoms with Crippen LogP contribution in [0, 0.1) is 0 Å². The van der Waals surface area contributed by atoms with Gasteiger partial charge >= 0.3 is 0 Å². The molecule has 1 rings (SSSR count). The Morgan fingerprint density at radius 3 is 2.92 bits per heavy atom. The Morgan fingerprint density at radius 2 is 2.38 bits per heavy atom. The van der Waals surface area contributed by atoms with Crippen LogP contribution in [0.5, 0.6) is 0 Å². The largest absolute Gasteiger partial charge is 0.348 e. The van der Waals surface area contributed by atoms with Gasteiger partial charge in [0, 0.05) is 11.9 Å². The molecule has 0 atom stereocenters. The maximum absolute atomic E-state index is 10.6. The van der Waals surface area contributed by atoms with E-state index in [0.29, 0.717) is 6.42 Å². The van der Waals surface area contributed by atoms with Gasteiger partial charge in [-0.2, -0.15) is 8.42 Å². The van der Waals surface area contributed by atoms with Gasteiger partial charge < -0.3 is 4.98 Å². The first-order valence-corrected chi connectivity index (χ1v) is 5.71. The van der Waals surface area contributed by atoms with Crippen molar-refractivity contribution in [1.82, 2.24) is 9.97 Å². The predicted octanol–water partition coefficient (Wildman–Crippen LogP) is 0.318. The lowest BCUT2D eigenvalue weighted by atomic mass is 10.3. The van der Waals surface area contributed by atoms with Crippen LogP contribution in [0.15, 0.2) is 12.5 Å². The monoisotopic (exact) mass is 204 g/mol. The minimum atomic E-state index is -3.29. The van der Waals surface area contributed by atoms with Crippen molar-refractivity contribution < 1.29 is 12.6 Å². The van der Waals surface area contributed by atoms with Gasteiger partial charge in [0.25, 0.3) is 10.1 Å². The summed E-state index contributed by atoms with van der Waals surface area (Å²) in [5.74, 6) is 0. The zero-order valence-electron chi connectivity index (χ0n) is 7.36. The van der Waals surface area contributed by atoms with Crippen molar-refractivity contribution in [2.75, 3.05) is 12.9 Å². The van der Waals surface area contributed by atoms with Gasteiger partial charge in [-0.05, 0) is 12.8 Å². The fourth-order valence-electron chi connectivity index (χ4n) is 0.894. The van der Waals surface area contributed by atoms with Crippen molar-refractivity contribution in [2.24, 2.45) is 0 Å². The molecule has 0 aliphatic carbocycles. The van der Waals surface area contributed by atoms with Crippen LogP contribution >= 0.6 is 0 Å². The number of nitrogens with one attached hydrogen (secondary N) is 1. The second-order valence-corrected chi connectivity index (χ2v) is 4.35. The van der Waals surface area contributed by atoms with Gasteiger partial charge in [0.15, 0.2) is 0 Å². The molecule has 5 nitrogen and oxygen atoms in total. The summed E-state index contributed by atoms with van der Waals surface area (Å²) in [5, 5.41) is 0. The molecule has 0 bridgehead atoms. The van der Waals surface area contributed by atoms with Crippen molar-refractivity contribution in [1.29, 1.82) is 0 Å². The molecule has 0 fully saturated rings. The number of aryl methyl sites for hydroxylation is 1. The minimum absolute atomic E-state index is 0.220. The zero-order valence-corrected chi connectivity index (χ0v) is 8.17. The number of aromatic amines is 1. The van der Waals surface area contributed by atoms with Crippen molar-refractivity contribution in [3.63, 3.8) is 0 Å². The van der Waals surface area contributed by atoms with Gasteiger partial charge in [0.1, 0.15) is 0 Å². The van der Waals surface area contributed by atoms with E-state index in [1.807, 2.05) is 0 Å². The normalized spacial score (nSPS) is 11.8. The summed E-state index contributed by atoms with van der Waals surface area (Å²) in [7, 11) is -3.29. The van der Waals surface area contributed by atoms with Gasteiger partial charge in [-0.1, -0.05) is 0 Å². The van der Waals surface area contributed by atoms with E-state index in [2.05, 4.69) is 14.2 Å². The number of hydrogen-bond acceptors (Lipinski definition) is 4. The Hall–Kier alpha value is -0.880. The molecular formula is C7H12N2O3S. The smallest absolute Gasteiger partial charge is 0.264 e. The highest BCUT2D eigenvalue weighted by Crippen LogP contribution is 1.98. The lowest BCUT2D eigenvalue weighted by Gasteiger charge is -1.99. The first-order valence-electron chi connectivity index (χ1n) is 3.89. The van der Waals surface area contributed by atoms with Crippen LogP contribution in [-0.4, -0.2) is 31.2 Å². The number of H-pyrrole nitrogens is 1. The topological polar surface area (TPSA) is 72.1 Å². The number of rotatable bonds is 5. The highest BCUT2D eigenvalue weighted by molar-refractivity contribution is 7.85. The van der Waals surface area contributed by atoms with Crippen LogP contribution in [0.2, 0.25) is 0 Å². The van der Waals surface area contributed by atoms with Crippen molar-refractivity contribution >= 4 is 10.1 Å². The van der Waals surface area contributed by atoms with E-state index in [1.165, 1.54) is 0 Å². The lowest BCUT2D eigenvalue weighted by molar-refractivity contribution is 0.315. The molecule has 6 heteroatoms. The van der Waals surface area contributed by atoms with Gasteiger partial charge in [-0.3, -0.25) is 4.18 Å². The fourth-order valence-corrected chi connectivity index (χ4v) is 1.31. The fraction of sp³-hybridized carbons (Fsp3) is 0.571. The molecule has 1 N–H and O–H groups in total. The van der Waals surface area contributed by atoms with E-state index >= 15 is 0 Å². The van der Waals surface area contributed by atoms with Crippen LogP contribution in [0.3, 0.4) is 0 Å². The highest BCUT2D eigenvalue weighted by atomic mass is 32.2. The first-order chi connectivity index (χ1) is 6.08. The molecular weight excluding hydrogens is 192 g/mol. The van der Waals surface area contributed by atoms with Gasteiger partial charge in [-0.25, -0.2) is 4.98 Å². The Balaban J connectivity index is 2.16. The Morgan fingerprint density at radius 1 is 1.62 bits per heavy atom. The minimum Gasteiger partial charge on any atom is -0.348 e. The SMILES string of the molecule is CS(=O)(=O)OCCCc1cnc[nH]1. The second kappa shape index (κ2) is 4.38. The lowest BCUT2D eigenvalue weighted by Crippen LogP contribution is -2.04. The molecule has 1 aromatic rings. The van der Waals surface area contributed by atoms with Crippen molar-refractivity contribution in [3.8, 4) is 0 Å². The molecule has 0 aliphatic heterocycles. The van der Waals surface area contributed by atoms with E-state index in [-0.39, 0.29) is 6.61 Å². The Labute approximate surface area is 77.3 Å². The second-order valence-electron chi connectivity index (χ2n) is 2.71. The number of hydrogen-bond donors (Lipinski definition) is 1. The standard InChI is InChI=1S/C7H12N2O3S/c1-13(10,11)12-4-2-3-7-5-8-6-9-7/h5-6H,2-4H2,1H3,(H,8,9). The molecule has 13 heavy (non-hydrogen) atoms. The molecule has 1 heterocycles. The molecule has 0 spiro atoms. The first kappa shape index (κ1) is 10.2. The summed E-state index contributed by atoms with van der Waals surface area (Å²) >= 11 is 0. The van der Waals surface area contributed by atoms with Crippen molar-refractivity contribution in [2.45, 2.75) is 12.8 Å². The summed E-state index contributed by atoms with van der Waals surface area (Å²) in [6.45, 7) is 0.220. The van der Waals surface area contributed by atoms with Gasteiger partial charge in [0.05, 0.1) is 19.2 Å². The average Bonchev–Trinajstić information content (AvgIpc) is 2.48. The third-order valence-electron chi connectivity index (χ3n) is 1.44. The van der Waals surface area contributed by atoms with Crippen LogP contribution in [0.25, 0.3) is 0 Å². The van der Waals surface area contributed by atoms with E-state index < -0.39 is 10.1 Å². The Bertz CT molecular complexity index is 331. The number of imidazole rings is 1. The quantitative estimate of drug-likeness (QED) is 0.553. The van der Waals surface area contributed by atoms with E-state index in [0.717, 1.165) is 18.4 Å². The summed E-state index contributed by atoms with van der Waals surface area (Å²) in [5.41, 5.74) is 0.983. The molecule has 0 amide bonds. The molecule has 1 aromatic heterocycles. The summed E-state index contributed by atoms with van der Waals surface area (Å²) in [6.07, 6.45) is 5.75. The van der Waals surface area contributed by atoms with Gasteiger partial charge in [0.2, 0.25) is 0 Å². The maximum Gasteiger partial charge on any atom is 0.264 e. The summed E-state index contributed by atoms with van der Waals surface area (Å²) in [6, 6.07) is 0. The van der Waals surface area contributed by atoms with E-state index in [9.17, 15) is 8.42 Å². The van der Waals surface area contributed by atoms with Gasteiger partial charge in [-0.15, -0.1) is 0 Å². The molecule has 74 valence electrons. The molecule has 0 aromatic carbocycles. The van der Waals surface area contributed by atoms with Crippen LogP contribution in [-0.2, 0) is 20.7 Å². The average molecular weight is 204 g/mol. The summed E-state index contributed by atoms with van der Waals surface area (Å²) in [4.78, 5) is 6.75. The van der Waals surface area contributed by atoms with Crippen LogP contribution in [0.4, 0.5) is 0 Å². The molecule has 0 saturated heterocycles. The highest BCUT2D eigenvalue weighted by Gasteiger charge is 2.01. The third kappa shape index (κ3) is 4.64. The zero-order chi connectivity index (χ0) is 9.73. The number of aromatic nitrogens is 2. The number of nitrogens with zero attached hydrogens (tertiary/aromatic N) is 1. The Kier molecular flexibility index (Phi) is 3.44. The molecule has 0 aliphatic rings. The molecule has 0 radical (unpaired) electrons. The van der Waals surface area contributed by atoms with Crippen LogP contribution in [0.1, 0.15) is 12.1 Å². The predicted molar refractivity (Wildman–Crippen MR) is 47.7 cm³/mol. The maximum atomic E-state index is 10.6. The third-order valence-corrected chi connectivity index (χ3v) is 2.04. The summed E-state index contributed by atoms with van der Waals surface area (Å²) < 4.78 is 25.7. The molecule has 0 saturated carbocycles. The van der Waals surface area contributed by atoms with Crippen molar-refractivity contribution in [3.05, 3.63) is 18.2 Å². The van der Waals surface area contributed by atoms with E-state index in [1.54, 1.807) is 12.5 Å². The molecule has 0 unspecified atom stereocenters. The van der Waals surface area contributed by atoms with Crippen LogP contribution < -0.4 is 0 Å². The van der Waals surface area contributed by atoms with E-state index in [4.69, 9.17) is 0 Å².